The first kappa shape index (κ1) is 32.6. The first-order valence-electron chi connectivity index (χ1n) is 15.3. The molecule has 0 aromatic heterocycles. The van der Waals surface area contributed by atoms with Crippen LogP contribution in [0.3, 0.4) is 0 Å². The van der Waals surface area contributed by atoms with E-state index in [2.05, 4.69) is 17.6 Å². The van der Waals surface area contributed by atoms with E-state index < -0.39 is 41.8 Å². The summed E-state index contributed by atoms with van der Waals surface area (Å²) < 4.78 is 34.1. The highest BCUT2D eigenvalue weighted by atomic mass is 19.1. The lowest BCUT2D eigenvalue weighted by molar-refractivity contribution is -0.126. The van der Waals surface area contributed by atoms with Crippen molar-refractivity contribution < 1.29 is 28.2 Å². The van der Waals surface area contributed by atoms with Crippen molar-refractivity contribution in [3.63, 3.8) is 0 Å². The number of unbranched alkanes of at least 4 members (excludes halogenated alkanes) is 1. The van der Waals surface area contributed by atoms with Crippen molar-refractivity contribution in [2.45, 2.75) is 82.8 Å². The van der Waals surface area contributed by atoms with Gasteiger partial charge in [-0.25, -0.2) is 13.6 Å². The number of nitrogens with one attached hydrogen (secondary N) is 2. The lowest BCUT2D eigenvalue weighted by Gasteiger charge is -2.31. The van der Waals surface area contributed by atoms with Crippen LogP contribution in [-0.2, 0) is 22.5 Å². The van der Waals surface area contributed by atoms with Gasteiger partial charge in [0.2, 0.25) is 5.91 Å². The number of nitrogens with zero attached hydrogens (tertiary/aromatic N) is 2. The molecule has 2 fully saturated rings. The minimum absolute atomic E-state index is 0.00340. The summed E-state index contributed by atoms with van der Waals surface area (Å²) in [7, 11) is 0. The van der Waals surface area contributed by atoms with Crippen molar-refractivity contribution in [2.75, 3.05) is 26.2 Å². The molecule has 3 amide bonds. The van der Waals surface area contributed by atoms with Crippen molar-refractivity contribution in [3.8, 4) is 0 Å². The minimum atomic E-state index is -1.07. The van der Waals surface area contributed by atoms with Crippen LogP contribution >= 0.6 is 0 Å². The lowest BCUT2D eigenvalue weighted by atomic mass is 9.94. The van der Waals surface area contributed by atoms with Crippen molar-refractivity contribution in [3.05, 3.63) is 83.4 Å². The quantitative estimate of drug-likeness (QED) is 0.211. The second kappa shape index (κ2) is 15.9. The van der Waals surface area contributed by atoms with E-state index >= 15 is 0 Å². The van der Waals surface area contributed by atoms with Crippen molar-refractivity contribution in [2.24, 2.45) is 0 Å². The average molecular weight is 599 g/mol. The Morgan fingerprint density at radius 3 is 2.58 bits per heavy atom. The number of carbonyl (C=O) groups is 2. The average Bonchev–Trinajstić information content (AvgIpc) is 3.57. The van der Waals surface area contributed by atoms with Crippen LogP contribution in [0.2, 0.25) is 0 Å². The number of amides is 3. The molecule has 10 heteroatoms. The first-order valence-corrected chi connectivity index (χ1v) is 15.3. The summed E-state index contributed by atoms with van der Waals surface area (Å²) >= 11 is 0. The molecular weight excluding hydrogens is 554 g/mol. The molecule has 2 aliphatic rings. The van der Waals surface area contributed by atoms with Crippen LogP contribution in [0, 0.1) is 11.6 Å². The summed E-state index contributed by atoms with van der Waals surface area (Å²) in [6.07, 6.45) is 6.07. The van der Waals surface area contributed by atoms with Gasteiger partial charge in [0.05, 0.1) is 24.8 Å². The highest BCUT2D eigenvalue weighted by Gasteiger charge is 2.43. The largest absolute Gasteiger partial charge is 0.389 e. The van der Waals surface area contributed by atoms with Gasteiger partial charge in [-0.05, 0) is 48.9 Å². The fourth-order valence-electron chi connectivity index (χ4n) is 5.72. The third-order valence-corrected chi connectivity index (χ3v) is 8.02. The number of urea groups is 1. The van der Waals surface area contributed by atoms with E-state index in [1.54, 1.807) is 9.80 Å². The predicted octanol–water partition coefficient (Wildman–Crippen LogP) is 4.17. The smallest absolute Gasteiger partial charge is 0.321 e. The van der Waals surface area contributed by atoms with E-state index in [1.807, 2.05) is 49.4 Å². The minimum Gasteiger partial charge on any atom is -0.389 e. The Balaban J connectivity index is 1.54. The third-order valence-electron chi connectivity index (χ3n) is 8.02. The zero-order valence-corrected chi connectivity index (χ0v) is 25.1. The van der Waals surface area contributed by atoms with Gasteiger partial charge in [-0.3, -0.25) is 4.79 Å². The van der Waals surface area contributed by atoms with Crippen LogP contribution in [0.15, 0.2) is 60.7 Å². The fourth-order valence-corrected chi connectivity index (χ4v) is 5.72. The summed E-state index contributed by atoms with van der Waals surface area (Å²) in [5.74, 6) is -1.89. The highest BCUT2D eigenvalue weighted by molar-refractivity contribution is 5.90. The van der Waals surface area contributed by atoms with Crippen molar-refractivity contribution >= 4 is 11.9 Å². The second-order valence-corrected chi connectivity index (χ2v) is 11.4. The van der Waals surface area contributed by atoms with Gasteiger partial charge in [-0.15, -0.1) is 0 Å². The molecule has 2 saturated heterocycles. The molecule has 2 aromatic carbocycles. The molecule has 2 aromatic rings. The van der Waals surface area contributed by atoms with Crippen molar-refractivity contribution in [1.82, 2.24) is 20.4 Å². The Morgan fingerprint density at radius 2 is 1.88 bits per heavy atom. The maximum Gasteiger partial charge on any atom is 0.321 e. The molecule has 0 aliphatic carbocycles. The van der Waals surface area contributed by atoms with E-state index in [1.165, 1.54) is 12.1 Å². The molecule has 5 atom stereocenters. The number of ether oxygens (including phenoxy) is 1. The topological polar surface area (TPSA) is 94.1 Å². The number of carbonyl (C=O) groups excluding carboxylic acids is 2. The van der Waals surface area contributed by atoms with Crippen LogP contribution in [0.4, 0.5) is 13.6 Å². The SMILES string of the molecule is CC/C=C\CN1C[C@@H](C(=O)N[C@@H](Cc2cc(F)cc(F)c2)[C@H](O)[C@H]2C[C@@H](OCCCC)CN2)N(Cc2ccccc2)C1=O. The van der Waals surface area contributed by atoms with E-state index in [9.17, 15) is 23.5 Å². The first-order chi connectivity index (χ1) is 20.8. The van der Waals surface area contributed by atoms with Gasteiger partial charge in [0.15, 0.2) is 0 Å². The summed E-state index contributed by atoms with van der Waals surface area (Å²) in [5, 5.41) is 17.8. The van der Waals surface area contributed by atoms with Crippen LogP contribution in [0.5, 0.6) is 0 Å². The number of aliphatic hydroxyl groups excluding tert-OH is 1. The van der Waals surface area contributed by atoms with Crippen LogP contribution in [0.1, 0.15) is 50.7 Å². The molecule has 2 aliphatic heterocycles. The summed E-state index contributed by atoms with van der Waals surface area (Å²) in [6.45, 7) is 6.09. The van der Waals surface area contributed by atoms with E-state index in [4.69, 9.17) is 4.74 Å². The fraction of sp³-hybridized carbons (Fsp3) is 0.515. The molecule has 0 saturated carbocycles. The summed E-state index contributed by atoms with van der Waals surface area (Å²) in [5.41, 5.74) is 1.20. The van der Waals surface area contributed by atoms with Gasteiger partial charge in [0, 0.05) is 38.3 Å². The van der Waals surface area contributed by atoms with Gasteiger partial charge in [-0.1, -0.05) is 62.8 Å². The third kappa shape index (κ3) is 9.08. The van der Waals surface area contributed by atoms with E-state index in [0.29, 0.717) is 31.7 Å². The van der Waals surface area contributed by atoms with Gasteiger partial charge in [0.25, 0.3) is 0 Å². The molecule has 4 rings (SSSR count). The second-order valence-electron chi connectivity index (χ2n) is 11.4. The molecule has 234 valence electrons. The summed E-state index contributed by atoms with van der Waals surface area (Å²) in [4.78, 5) is 30.5. The normalized spacial score (nSPS) is 22.0. The van der Waals surface area contributed by atoms with Gasteiger partial charge >= 0.3 is 6.03 Å². The highest BCUT2D eigenvalue weighted by Crippen LogP contribution is 2.23. The molecular formula is C33H44F2N4O4. The molecule has 0 bridgehead atoms. The number of benzene rings is 2. The Bertz CT molecular complexity index is 1210. The Labute approximate surface area is 253 Å². The number of hydrogen-bond acceptors (Lipinski definition) is 5. The van der Waals surface area contributed by atoms with Gasteiger partial charge < -0.3 is 30.3 Å². The molecule has 3 N–H and O–H groups in total. The predicted molar refractivity (Wildman–Crippen MR) is 161 cm³/mol. The number of rotatable bonds is 15. The number of aliphatic hydroxyl groups is 1. The Hall–Kier alpha value is -3.34. The van der Waals surface area contributed by atoms with Crippen LogP contribution in [-0.4, -0.2) is 83.4 Å². The maximum atomic E-state index is 14.1. The molecule has 2 heterocycles. The molecule has 0 radical (unpaired) electrons. The molecule has 0 unspecified atom stereocenters. The Morgan fingerprint density at radius 1 is 1.14 bits per heavy atom. The van der Waals surface area contributed by atoms with Crippen LogP contribution in [0.25, 0.3) is 0 Å². The van der Waals surface area contributed by atoms with E-state index in [0.717, 1.165) is 30.9 Å². The number of hydrogen-bond donors (Lipinski definition) is 3. The van der Waals surface area contributed by atoms with Gasteiger partial charge in [-0.2, -0.15) is 0 Å². The zero-order chi connectivity index (χ0) is 30.8. The monoisotopic (exact) mass is 598 g/mol. The summed E-state index contributed by atoms with van der Waals surface area (Å²) in [6, 6.07) is 10.3. The Kier molecular flexibility index (Phi) is 12.1. The van der Waals surface area contributed by atoms with Gasteiger partial charge in [0.1, 0.15) is 17.7 Å². The number of allylic oxidation sites excluding steroid dienone is 1. The van der Waals surface area contributed by atoms with E-state index in [-0.39, 0.29) is 31.6 Å². The van der Waals surface area contributed by atoms with Crippen LogP contribution < -0.4 is 10.6 Å². The molecule has 8 nitrogen and oxygen atoms in total. The number of halogens is 2. The van der Waals surface area contributed by atoms with Crippen molar-refractivity contribution in [1.29, 1.82) is 0 Å². The lowest BCUT2D eigenvalue weighted by Crippen LogP contribution is -2.56. The maximum absolute atomic E-state index is 14.1. The molecule has 43 heavy (non-hydrogen) atoms. The molecule has 0 spiro atoms. The standard InChI is InChI=1S/C33H44F2N4O4/c1-3-5-10-13-38-22-30(39(33(38)42)21-23-11-8-7-9-12-23)32(41)37-29(17-24-15-25(34)18-26(35)16-24)31(40)28-19-27(20-36-28)43-14-6-4-2/h5,7-12,15-16,18,27-31,36,40H,3-4,6,13-14,17,19-22H2,1-2H3,(H,37,41)/b10-5-/t27-,28-,29+,30+,31-/m1/s1. The zero-order valence-electron chi connectivity index (χ0n) is 25.1.